The van der Waals surface area contributed by atoms with Gasteiger partial charge in [-0.25, -0.2) is 0 Å². The Morgan fingerprint density at radius 2 is 1.72 bits per heavy atom. The van der Waals surface area contributed by atoms with Gasteiger partial charge in [-0.05, 0) is 36.8 Å². The lowest BCUT2D eigenvalue weighted by atomic mass is 10.1. The fraction of sp³-hybridized carbons (Fsp3) is 0.111. The molecule has 2 amide bonds. The summed E-state index contributed by atoms with van der Waals surface area (Å²) in [6.45, 7) is 2.03. The number of nitrogens with one attached hydrogen (secondary N) is 2. The van der Waals surface area contributed by atoms with Crippen molar-refractivity contribution in [1.82, 2.24) is 19.7 Å². The van der Waals surface area contributed by atoms with Gasteiger partial charge in [0.2, 0.25) is 11.8 Å². The SMILES string of the molecule is Cc1ccccc1-n1c(SCC(=O)N2CC(=O)Nc3ccccc32)nnc1-c1c[nH]c2ccccc12. The maximum atomic E-state index is 13.3. The van der Waals surface area contributed by atoms with Crippen LogP contribution < -0.4 is 10.2 Å². The molecule has 9 heteroatoms. The molecule has 8 nitrogen and oxygen atoms in total. The molecule has 0 bridgehead atoms. The molecular weight excluding hydrogens is 472 g/mol. The molecule has 178 valence electrons. The summed E-state index contributed by atoms with van der Waals surface area (Å²) in [7, 11) is 0. The van der Waals surface area contributed by atoms with E-state index in [2.05, 4.69) is 20.5 Å². The first-order valence-corrected chi connectivity index (χ1v) is 12.5. The van der Waals surface area contributed by atoms with Crippen LogP contribution in [0.2, 0.25) is 0 Å². The Hall–Kier alpha value is -4.37. The van der Waals surface area contributed by atoms with E-state index in [4.69, 9.17) is 0 Å². The summed E-state index contributed by atoms with van der Waals surface area (Å²) in [5.41, 5.74) is 5.28. The number of thioether (sulfide) groups is 1. The molecule has 0 saturated carbocycles. The lowest BCUT2D eigenvalue weighted by Crippen LogP contribution is -2.43. The number of amides is 2. The molecule has 3 heterocycles. The third-order valence-corrected chi connectivity index (χ3v) is 7.13. The van der Waals surface area contributed by atoms with Crippen LogP contribution in [0.3, 0.4) is 0 Å². The predicted molar refractivity (Wildman–Crippen MR) is 142 cm³/mol. The molecule has 36 heavy (non-hydrogen) atoms. The molecule has 0 spiro atoms. The third kappa shape index (κ3) is 3.83. The Kier molecular flexibility index (Phi) is 5.54. The van der Waals surface area contributed by atoms with Crippen molar-refractivity contribution in [2.45, 2.75) is 12.1 Å². The van der Waals surface area contributed by atoms with Gasteiger partial charge in [0.25, 0.3) is 0 Å². The molecule has 1 aliphatic heterocycles. The summed E-state index contributed by atoms with van der Waals surface area (Å²) in [6, 6.07) is 23.4. The molecule has 0 unspecified atom stereocenters. The maximum Gasteiger partial charge on any atom is 0.244 e. The van der Waals surface area contributed by atoms with Gasteiger partial charge in [-0.3, -0.25) is 14.2 Å². The average molecular weight is 495 g/mol. The summed E-state index contributed by atoms with van der Waals surface area (Å²) in [6.07, 6.45) is 1.94. The van der Waals surface area contributed by atoms with Crippen LogP contribution in [-0.4, -0.2) is 43.9 Å². The number of para-hydroxylation sites is 4. The zero-order valence-corrected chi connectivity index (χ0v) is 20.2. The largest absolute Gasteiger partial charge is 0.360 e. The summed E-state index contributed by atoms with van der Waals surface area (Å²) in [5.74, 6) is 0.422. The van der Waals surface area contributed by atoms with Crippen molar-refractivity contribution in [3.05, 3.63) is 84.6 Å². The van der Waals surface area contributed by atoms with Crippen molar-refractivity contribution in [3.8, 4) is 17.1 Å². The first-order valence-electron chi connectivity index (χ1n) is 11.5. The predicted octanol–water partition coefficient (Wildman–Crippen LogP) is 4.80. The molecule has 0 fully saturated rings. The van der Waals surface area contributed by atoms with E-state index >= 15 is 0 Å². The number of carbonyl (C=O) groups excluding carboxylic acids is 2. The Morgan fingerprint density at radius 1 is 0.972 bits per heavy atom. The highest BCUT2D eigenvalue weighted by Gasteiger charge is 2.27. The van der Waals surface area contributed by atoms with Crippen molar-refractivity contribution in [2.75, 3.05) is 22.5 Å². The van der Waals surface area contributed by atoms with E-state index in [0.717, 1.165) is 27.7 Å². The quantitative estimate of drug-likeness (QED) is 0.342. The summed E-state index contributed by atoms with van der Waals surface area (Å²) < 4.78 is 2.00. The molecule has 6 rings (SSSR count). The van der Waals surface area contributed by atoms with E-state index in [1.807, 2.05) is 84.4 Å². The molecule has 1 aliphatic rings. The van der Waals surface area contributed by atoms with Crippen LogP contribution in [0.1, 0.15) is 5.56 Å². The van der Waals surface area contributed by atoms with Gasteiger partial charge in [-0.15, -0.1) is 10.2 Å². The number of anilines is 2. The van der Waals surface area contributed by atoms with Gasteiger partial charge >= 0.3 is 0 Å². The molecular formula is C27H22N6O2S. The van der Waals surface area contributed by atoms with Crippen LogP contribution in [0.5, 0.6) is 0 Å². The number of H-pyrrole nitrogens is 1. The van der Waals surface area contributed by atoms with Crippen LogP contribution in [0.4, 0.5) is 11.4 Å². The fourth-order valence-electron chi connectivity index (χ4n) is 4.49. The van der Waals surface area contributed by atoms with Gasteiger partial charge in [0.05, 0.1) is 22.8 Å². The summed E-state index contributed by atoms with van der Waals surface area (Å²) >= 11 is 1.31. The highest BCUT2D eigenvalue weighted by atomic mass is 32.2. The Labute approximate surface area is 211 Å². The average Bonchev–Trinajstić information content (AvgIpc) is 3.51. The number of hydrogen-bond acceptors (Lipinski definition) is 5. The third-order valence-electron chi connectivity index (χ3n) is 6.22. The zero-order valence-electron chi connectivity index (χ0n) is 19.4. The molecule has 0 aliphatic carbocycles. The second-order valence-corrected chi connectivity index (χ2v) is 9.45. The molecule has 0 atom stereocenters. The Balaban J connectivity index is 1.36. The topological polar surface area (TPSA) is 95.9 Å². The van der Waals surface area contributed by atoms with Crippen molar-refractivity contribution < 1.29 is 9.59 Å². The van der Waals surface area contributed by atoms with Gasteiger partial charge in [-0.1, -0.05) is 60.3 Å². The number of benzene rings is 3. The fourth-order valence-corrected chi connectivity index (χ4v) is 5.31. The Bertz CT molecular complexity index is 1620. The minimum absolute atomic E-state index is 0.0124. The van der Waals surface area contributed by atoms with E-state index in [-0.39, 0.29) is 24.1 Å². The lowest BCUT2D eigenvalue weighted by molar-refractivity contribution is -0.120. The smallest absolute Gasteiger partial charge is 0.244 e. The molecule has 0 radical (unpaired) electrons. The molecule has 3 aromatic carbocycles. The Morgan fingerprint density at radius 3 is 2.58 bits per heavy atom. The van der Waals surface area contributed by atoms with Crippen LogP contribution >= 0.6 is 11.8 Å². The number of carbonyl (C=O) groups is 2. The molecule has 2 aromatic heterocycles. The second kappa shape index (κ2) is 9.01. The number of hydrogen-bond donors (Lipinski definition) is 2. The highest BCUT2D eigenvalue weighted by molar-refractivity contribution is 7.99. The van der Waals surface area contributed by atoms with Gasteiger partial charge in [-0.2, -0.15) is 0 Å². The lowest BCUT2D eigenvalue weighted by Gasteiger charge is -2.29. The monoisotopic (exact) mass is 494 g/mol. The van der Waals surface area contributed by atoms with Crippen LogP contribution in [0.15, 0.2) is 84.1 Å². The standard InChI is InChI=1S/C27H22N6O2S/c1-17-8-2-6-12-22(17)33-26(19-14-28-20-10-4-3-9-18(19)20)30-31-27(33)36-16-25(35)32-15-24(34)29-21-11-5-7-13-23(21)32/h2-14,28H,15-16H2,1H3,(H,29,34). The van der Waals surface area contributed by atoms with E-state index in [9.17, 15) is 9.59 Å². The molecule has 5 aromatic rings. The normalized spacial score (nSPS) is 13.0. The maximum absolute atomic E-state index is 13.3. The minimum Gasteiger partial charge on any atom is -0.360 e. The number of rotatable bonds is 5. The van der Waals surface area contributed by atoms with Crippen molar-refractivity contribution in [2.24, 2.45) is 0 Å². The number of fused-ring (bicyclic) bond motifs is 2. The van der Waals surface area contributed by atoms with E-state index < -0.39 is 0 Å². The number of aryl methyl sites for hydroxylation is 1. The minimum atomic E-state index is -0.211. The first kappa shape index (κ1) is 22.1. The van der Waals surface area contributed by atoms with Gasteiger partial charge in [0.1, 0.15) is 6.54 Å². The van der Waals surface area contributed by atoms with Gasteiger partial charge < -0.3 is 15.2 Å². The van der Waals surface area contributed by atoms with Crippen molar-refractivity contribution in [1.29, 1.82) is 0 Å². The summed E-state index contributed by atoms with van der Waals surface area (Å²) in [4.78, 5) is 30.3. The highest BCUT2D eigenvalue weighted by Crippen LogP contribution is 2.34. The number of aromatic nitrogens is 4. The summed E-state index contributed by atoms with van der Waals surface area (Å²) in [5, 5.41) is 13.5. The zero-order chi connectivity index (χ0) is 24.6. The van der Waals surface area contributed by atoms with Crippen LogP contribution in [0.25, 0.3) is 28.0 Å². The van der Waals surface area contributed by atoms with Gasteiger partial charge in [0, 0.05) is 22.7 Å². The molecule has 2 N–H and O–H groups in total. The van der Waals surface area contributed by atoms with E-state index in [1.54, 1.807) is 6.07 Å². The van der Waals surface area contributed by atoms with E-state index in [0.29, 0.717) is 22.4 Å². The molecule has 0 saturated heterocycles. The second-order valence-electron chi connectivity index (χ2n) is 8.51. The number of aromatic amines is 1. The van der Waals surface area contributed by atoms with Crippen molar-refractivity contribution >= 4 is 45.9 Å². The van der Waals surface area contributed by atoms with Gasteiger partial charge in [0.15, 0.2) is 11.0 Å². The van der Waals surface area contributed by atoms with Crippen molar-refractivity contribution in [3.63, 3.8) is 0 Å². The number of nitrogens with zero attached hydrogens (tertiary/aromatic N) is 4. The first-order chi connectivity index (χ1) is 17.6. The van der Waals surface area contributed by atoms with E-state index in [1.165, 1.54) is 16.7 Å². The van der Waals surface area contributed by atoms with Crippen LogP contribution in [-0.2, 0) is 9.59 Å². The van der Waals surface area contributed by atoms with Crippen LogP contribution in [0, 0.1) is 6.92 Å².